The van der Waals surface area contributed by atoms with Gasteiger partial charge in [-0.05, 0) is 65.2 Å². The molecule has 2 aromatic carbocycles. The van der Waals surface area contributed by atoms with Crippen LogP contribution in [0.1, 0.15) is 25.7 Å². The van der Waals surface area contributed by atoms with Crippen molar-refractivity contribution in [2.45, 2.75) is 36.1 Å². The fourth-order valence-corrected chi connectivity index (χ4v) is 8.01. The summed E-state index contributed by atoms with van der Waals surface area (Å²) in [5, 5.41) is 0. The van der Waals surface area contributed by atoms with E-state index in [2.05, 4.69) is 33.0 Å². The minimum Gasteiger partial charge on any atom is -0.496 e. The molecule has 2 saturated carbocycles. The molecular weight excluding hydrogens is 452 g/mol. The highest BCUT2D eigenvalue weighted by atomic mass is 79.9. The Hall–Kier alpha value is -1.57. The van der Waals surface area contributed by atoms with E-state index in [9.17, 15) is 8.42 Å². The number of rotatable bonds is 2. The standard InChI is InChI=1S/C22H25BrN2O3S/c1-24-22(13-15-8-9-16(22)10-15)14-25(17-6-4-3-5-7-17)19-11-18(23)20(28-2)12-21(19)29(24,26)27/h3-7,11-12,15-16H,8-10,13-14H2,1-2H3. The zero-order chi connectivity index (χ0) is 20.4. The second kappa shape index (κ2) is 6.72. The average Bonchev–Trinajstić information content (AvgIpc) is 3.32. The number of hydrogen-bond acceptors (Lipinski definition) is 4. The maximum atomic E-state index is 13.8. The number of nitrogens with zero attached hydrogens (tertiary/aromatic N) is 2. The topological polar surface area (TPSA) is 49.9 Å². The van der Waals surface area contributed by atoms with Gasteiger partial charge in [-0.25, -0.2) is 8.42 Å². The van der Waals surface area contributed by atoms with E-state index >= 15 is 0 Å². The van der Waals surface area contributed by atoms with Gasteiger partial charge >= 0.3 is 0 Å². The Balaban J connectivity index is 1.77. The average molecular weight is 477 g/mol. The summed E-state index contributed by atoms with van der Waals surface area (Å²) in [7, 11) is -0.329. The van der Waals surface area contributed by atoms with E-state index in [0.717, 1.165) is 29.4 Å². The summed E-state index contributed by atoms with van der Waals surface area (Å²) < 4.78 is 35.6. The van der Waals surface area contributed by atoms with Crippen LogP contribution in [-0.4, -0.2) is 39.0 Å². The molecule has 29 heavy (non-hydrogen) atoms. The molecule has 5 nitrogen and oxygen atoms in total. The Labute approximate surface area is 180 Å². The first-order chi connectivity index (χ1) is 13.9. The van der Waals surface area contributed by atoms with E-state index in [-0.39, 0.29) is 5.54 Å². The molecule has 0 N–H and O–H groups in total. The molecule has 3 unspecified atom stereocenters. The van der Waals surface area contributed by atoms with Crippen molar-refractivity contribution in [3.8, 4) is 5.75 Å². The lowest BCUT2D eigenvalue weighted by Gasteiger charge is -2.45. The van der Waals surface area contributed by atoms with Crippen LogP contribution in [0.3, 0.4) is 0 Å². The molecule has 1 aliphatic heterocycles. The molecule has 2 fully saturated rings. The molecule has 0 aromatic heterocycles. The van der Waals surface area contributed by atoms with Crippen molar-refractivity contribution in [2.24, 2.45) is 11.8 Å². The summed E-state index contributed by atoms with van der Waals surface area (Å²) in [6.07, 6.45) is 4.39. The molecule has 3 atom stereocenters. The number of sulfonamides is 1. The summed E-state index contributed by atoms with van der Waals surface area (Å²) in [5.41, 5.74) is 1.34. The molecule has 2 aromatic rings. The van der Waals surface area contributed by atoms with E-state index in [1.54, 1.807) is 24.5 Å². The number of likely N-dealkylation sites (N-methyl/N-ethyl adjacent to an activating group) is 1. The molecule has 7 heteroatoms. The maximum absolute atomic E-state index is 13.8. The Morgan fingerprint density at radius 3 is 2.55 bits per heavy atom. The third kappa shape index (κ3) is 2.77. The third-order valence-corrected chi connectivity index (χ3v) is 9.82. The highest BCUT2D eigenvalue weighted by Crippen LogP contribution is 2.57. The quantitative estimate of drug-likeness (QED) is 0.624. The van der Waals surface area contributed by atoms with Crippen molar-refractivity contribution in [2.75, 3.05) is 25.6 Å². The van der Waals surface area contributed by atoms with Crippen molar-refractivity contribution in [3.05, 3.63) is 46.9 Å². The predicted octanol–water partition coefficient (Wildman–Crippen LogP) is 4.79. The van der Waals surface area contributed by atoms with Crippen LogP contribution in [0, 0.1) is 11.8 Å². The van der Waals surface area contributed by atoms with Crippen LogP contribution in [0.25, 0.3) is 0 Å². The molecule has 0 saturated heterocycles. The van der Waals surface area contributed by atoms with Crippen LogP contribution < -0.4 is 9.64 Å². The third-order valence-electron chi connectivity index (χ3n) is 7.23. The van der Waals surface area contributed by atoms with Crippen molar-refractivity contribution >= 4 is 37.3 Å². The Morgan fingerprint density at radius 1 is 1.17 bits per heavy atom. The van der Waals surface area contributed by atoms with Gasteiger partial charge in [-0.3, -0.25) is 0 Å². The van der Waals surface area contributed by atoms with Crippen molar-refractivity contribution in [1.82, 2.24) is 4.31 Å². The van der Waals surface area contributed by atoms with Crippen molar-refractivity contribution in [1.29, 1.82) is 0 Å². The molecule has 0 amide bonds. The minimum atomic E-state index is -3.67. The fraction of sp³-hybridized carbons (Fsp3) is 0.455. The number of methoxy groups -OCH3 is 1. The molecule has 1 heterocycles. The molecule has 2 bridgehead atoms. The first-order valence-electron chi connectivity index (χ1n) is 10.1. The van der Waals surface area contributed by atoms with Gasteiger partial charge in [-0.15, -0.1) is 0 Å². The summed E-state index contributed by atoms with van der Waals surface area (Å²) in [5.74, 6) is 1.55. The SMILES string of the molecule is COc1cc2c(cc1Br)N(c1ccccc1)CC1(CC3CCC1C3)N(C)S2(=O)=O. The lowest BCUT2D eigenvalue weighted by atomic mass is 9.80. The molecule has 0 radical (unpaired) electrons. The number of anilines is 2. The van der Waals surface area contributed by atoms with Crippen LogP contribution in [0.5, 0.6) is 5.75 Å². The Kier molecular flexibility index (Phi) is 4.50. The van der Waals surface area contributed by atoms with Crippen LogP contribution in [0.4, 0.5) is 11.4 Å². The van der Waals surface area contributed by atoms with Crippen LogP contribution in [0.15, 0.2) is 51.8 Å². The first kappa shape index (κ1) is 19.4. The monoisotopic (exact) mass is 476 g/mol. The predicted molar refractivity (Wildman–Crippen MR) is 117 cm³/mol. The zero-order valence-electron chi connectivity index (χ0n) is 16.6. The van der Waals surface area contributed by atoms with Gasteiger partial charge in [0.2, 0.25) is 10.0 Å². The zero-order valence-corrected chi connectivity index (χ0v) is 19.0. The highest BCUT2D eigenvalue weighted by Gasteiger charge is 2.58. The molecule has 5 rings (SSSR count). The number of ether oxygens (including phenoxy) is 1. The van der Waals surface area contributed by atoms with Gasteiger partial charge in [-0.2, -0.15) is 4.31 Å². The van der Waals surface area contributed by atoms with E-state index in [4.69, 9.17) is 4.74 Å². The largest absolute Gasteiger partial charge is 0.496 e. The molecule has 2 aliphatic carbocycles. The smallest absolute Gasteiger partial charge is 0.245 e. The summed E-state index contributed by atoms with van der Waals surface area (Å²) in [4.78, 5) is 2.50. The first-order valence-corrected chi connectivity index (χ1v) is 12.3. The van der Waals surface area contributed by atoms with Gasteiger partial charge < -0.3 is 9.64 Å². The van der Waals surface area contributed by atoms with Crippen LogP contribution in [-0.2, 0) is 10.0 Å². The second-order valence-electron chi connectivity index (χ2n) is 8.53. The maximum Gasteiger partial charge on any atom is 0.245 e. The van der Waals surface area contributed by atoms with Gasteiger partial charge in [0, 0.05) is 25.3 Å². The molecule has 1 spiro atoms. The fourth-order valence-electron chi connectivity index (χ4n) is 5.78. The van der Waals surface area contributed by atoms with E-state index in [1.807, 2.05) is 24.3 Å². The van der Waals surface area contributed by atoms with E-state index < -0.39 is 10.0 Å². The van der Waals surface area contributed by atoms with Gasteiger partial charge in [0.1, 0.15) is 10.6 Å². The Morgan fingerprint density at radius 2 is 1.93 bits per heavy atom. The van der Waals surface area contributed by atoms with Crippen molar-refractivity contribution in [3.63, 3.8) is 0 Å². The normalized spacial score (nSPS) is 30.4. The highest BCUT2D eigenvalue weighted by molar-refractivity contribution is 9.10. The number of para-hydroxylation sites is 1. The summed E-state index contributed by atoms with van der Waals surface area (Å²) in [6.45, 7) is 0.666. The van der Waals surface area contributed by atoms with E-state index in [1.165, 1.54) is 6.42 Å². The summed E-state index contributed by atoms with van der Waals surface area (Å²) in [6, 6.07) is 13.7. The molecular formula is C22H25BrN2O3S. The lowest BCUT2D eigenvalue weighted by Crippen LogP contribution is -2.57. The van der Waals surface area contributed by atoms with E-state index in [0.29, 0.717) is 34.7 Å². The van der Waals surface area contributed by atoms with Crippen LogP contribution in [0.2, 0.25) is 0 Å². The Bertz CT molecular complexity index is 1060. The second-order valence-corrected chi connectivity index (χ2v) is 11.3. The van der Waals surface area contributed by atoms with Gasteiger partial charge in [0.25, 0.3) is 0 Å². The number of hydrogen-bond donors (Lipinski definition) is 0. The molecule has 3 aliphatic rings. The van der Waals surface area contributed by atoms with Crippen LogP contribution >= 0.6 is 15.9 Å². The lowest BCUT2D eigenvalue weighted by molar-refractivity contribution is 0.141. The minimum absolute atomic E-state index is 0.309. The number of fused-ring (bicyclic) bond motifs is 4. The van der Waals surface area contributed by atoms with Gasteiger partial charge in [0.15, 0.2) is 0 Å². The van der Waals surface area contributed by atoms with Crippen molar-refractivity contribution < 1.29 is 13.2 Å². The number of halogens is 1. The van der Waals surface area contributed by atoms with Gasteiger partial charge in [-0.1, -0.05) is 24.6 Å². The molecule has 154 valence electrons. The summed E-state index contributed by atoms with van der Waals surface area (Å²) >= 11 is 3.56. The van der Waals surface area contributed by atoms with Gasteiger partial charge in [0.05, 0.1) is 22.8 Å². The number of benzene rings is 2.